The van der Waals surface area contributed by atoms with Crippen LogP contribution in [0.25, 0.3) is 0 Å². The highest BCUT2D eigenvalue weighted by Crippen LogP contribution is 2.18. The standard InChI is InChI=1S/C22H18F3N3O3/c23-14-4-2-6-17(10-14)27-21(30)13-3-1-5-16(9-13)28-22(31)26-12-20(29)18-8-7-15(24)11-19(18)25/h1-11,20,29H,12H2,(H,27,30)(H2,26,28,31). The van der Waals surface area contributed by atoms with Crippen molar-refractivity contribution in [3.05, 3.63) is 95.3 Å². The lowest BCUT2D eigenvalue weighted by molar-refractivity contribution is 0.102. The summed E-state index contributed by atoms with van der Waals surface area (Å²) in [7, 11) is 0. The Morgan fingerprint density at radius 2 is 1.52 bits per heavy atom. The van der Waals surface area contributed by atoms with Crippen LogP contribution in [0.3, 0.4) is 0 Å². The zero-order valence-corrected chi connectivity index (χ0v) is 16.0. The van der Waals surface area contributed by atoms with Crippen molar-refractivity contribution in [2.24, 2.45) is 0 Å². The number of benzene rings is 3. The number of amides is 3. The Hall–Kier alpha value is -3.85. The molecule has 0 aromatic heterocycles. The fraction of sp³-hybridized carbons (Fsp3) is 0.0909. The maximum Gasteiger partial charge on any atom is 0.319 e. The Balaban J connectivity index is 1.57. The third kappa shape index (κ3) is 6.06. The highest BCUT2D eigenvalue weighted by atomic mass is 19.1. The molecule has 0 bridgehead atoms. The first kappa shape index (κ1) is 21.8. The van der Waals surface area contributed by atoms with Crippen LogP contribution in [0.15, 0.2) is 66.7 Å². The lowest BCUT2D eigenvalue weighted by Crippen LogP contribution is -2.32. The topological polar surface area (TPSA) is 90.5 Å². The summed E-state index contributed by atoms with van der Waals surface area (Å²) in [5.74, 6) is -2.70. The fourth-order valence-corrected chi connectivity index (χ4v) is 2.75. The summed E-state index contributed by atoms with van der Waals surface area (Å²) in [6.45, 7) is -0.325. The van der Waals surface area contributed by atoms with Crippen molar-refractivity contribution in [1.29, 1.82) is 0 Å². The minimum absolute atomic E-state index is 0.155. The van der Waals surface area contributed by atoms with Crippen LogP contribution in [0.1, 0.15) is 22.0 Å². The number of rotatable bonds is 6. The maximum absolute atomic E-state index is 13.7. The predicted octanol–water partition coefficient (Wildman–Crippen LogP) is 4.21. The average molecular weight is 429 g/mol. The quantitative estimate of drug-likeness (QED) is 0.473. The normalized spacial score (nSPS) is 11.5. The van der Waals surface area contributed by atoms with E-state index >= 15 is 0 Å². The van der Waals surface area contributed by atoms with Crippen molar-refractivity contribution in [3.63, 3.8) is 0 Å². The molecule has 3 rings (SSSR count). The number of aliphatic hydroxyl groups excluding tert-OH is 1. The molecule has 6 nitrogen and oxygen atoms in total. The van der Waals surface area contributed by atoms with E-state index in [0.717, 1.165) is 12.1 Å². The number of halogens is 3. The number of hydrogen-bond acceptors (Lipinski definition) is 3. The van der Waals surface area contributed by atoms with Gasteiger partial charge in [0.05, 0.1) is 6.10 Å². The molecule has 9 heteroatoms. The number of urea groups is 1. The zero-order chi connectivity index (χ0) is 22.4. The molecule has 3 amide bonds. The van der Waals surface area contributed by atoms with Gasteiger partial charge in [-0.15, -0.1) is 0 Å². The number of hydrogen-bond donors (Lipinski definition) is 4. The van der Waals surface area contributed by atoms with E-state index in [4.69, 9.17) is 0 Å². The number of aliphatic hydroxyl groups is 1. The van der Waals surface area contributed by atoms with Crippen LogP contribution >= 0.6 is 0 Å². The van der Waals surface area contributed by atoms with Crippen molar-refractivity contribution < 1.29 is 27.9 Å². The van der Waals surface area contributed by atoms with Gasteiger partial charge in [0.1, 0.15) is 17.5 Å². The summed E-state index contributed by atoms with van der Waals surface area (Å²) >= 11 is 0. The third-order valence-electron chi connectivity index (χ3n) is 4.24. The van der Waals surface area contributed by atoms with Crippen molar-refractivity contribution in [2.45, 2.75) is 6.10 Å². The van der Waals surface area contributed by atoms with Gasteiger partial charge in [0.15, 0.2) is 0 Å². The SMILES string of the molecule is O=C(NCC(O)c1ccc(F)cc1F)Nc1cccc(C(=O)Nc2cccc(F)c2)c1. The number of carbonyl (C=O) groups excluding carboxylic acids is 2. The van der Waals surface area contributed by atoms with Crippen LogP contribution < -0.4 is 16.0 Å². The van der Waals surface area contributed by atoms with Gasteiger partial charge in [-0.2, -0.15) is 0 Å². The van der Waals surface area contributed by atoms with E-state index in [1.54, 1.807) is 6.07 Å². The van der Waals surface area contributed by atoms with Crippen LogP contribution in [0.2, 0.25) is 0 Å². The van der Waals surface area contributed by atoms with E-state index in [-0.39, 0.29) is 29.0 Å². The smallest absolute Gasteiger partial charge is 0.319 e. The van der Waals surface area contributed by atoms with Gasteiger partial charge in [-0.3, -0.25) is 4.79 Å². The molecular weight excluding hydrogens is 411 g/mol. The monoisotopic (exact) mass is 429 g/mol. The molecule has 0 aliphatic heterocycles. The van der Waals surface area contributed by atoms with Gasteiger partial charge in [-0.25, -0.2) is 18.0 Å². The van der Waals surface area contributed by atoms with Crippen LogP contribution in [-0.4, -0.2) is 23.6 Å². The molecule has 0 aliphatic carbocycles. The predicted molar refractivity (Wildman–Crippen MR) is 109 cm³/mol. The fourth-order valence-electron chi connectivity index (χ4n) is 2.75. The first-order chi connectivity index (χ1) is 14.8. The number of anilines is 2. The zero-order valence-electron chi connectivity index (χ0n) is 16.0. The van der Waals surface area contributed by atoms with Gasteiger partial charge < -0.3 is 21.1 Å². The summed E-state index contributed by atoms with van der Waals surface area (Å²) in [4.78, 5) is 24.4. The number of nitrogens with one attached hydrogen (secondary N) is 3. The maximum atomic E-state index is 13.7. The average Bonchev–Trinajstić information content (AvgIpc) is 2.72. The summed E-state index contributed by atoms with van der Waals surface area (Å²) in [5.41, 5.74) is 0.628. The molecule has 3 aromatic rings. The van der Waals surface area contributed by atoms with Crippen molar-refractivity contribution in [3.8, 4) is 0 Å². The molecule has 0 saturated carbocycles. The third-order valence-corrected chi connectivity index (χ3v) is 4.24. The Morgan fingerprint density at radius 3 is 2.23 bits per heavy atom. The molecule has 0 spiro atoms. The molecule has 1 atom stereocenters. The molecule has 4 N–H and O–H groups in total. The summed E-state index contributed by atoms with van der Waals surface area (Å²) in [6.07, 6.45) is -1.38. The van der Waals surface area contributed by atoms with Gasteiger partial charge in [0, 0.05) is 35.1 Å². The van der Waals surface area contributed by atoms with Gasteiger partial charge in [-0.1, -0.05) is 18.2 Å². The van der Waals surface area contributed by atoms with E-state index in [0.29, 0.717) is 6.07 Å². The van der Waals surface area contributed by atoms with Crippen LogP contribution in [0.5, 0.6) is 0 Å². The van der Waals surface area contributed by atoms with Gasteiger partial charge in [0.25, 0.3) is 5.91 Å². The minimum atomic E-state index is -1.38. The molecule has 160 valence electrons. The molecule has 3 aromatic carbocycles. The van der Waals surface area contributed by atoms with Crippen LogP contribution in [0, 0.1) is 17.5 Å². The van der Waals surface area contributed by atoms with E-state index < -0.39 is 35.5 Å². The van der Waals surface area contributed by atoms with E-state index in [1.165, 1.54) is 42.5 Å². The van der Waals surface area contributed by atoms with Crippen LogP contribution in [-0.2, 0) is 0 Å². The Kier molecular flexibility index (Phi) is 6.88. The lowest BCUT2D eigenvalue weighted by Gasteiger charge is -2.14. The Labute approximate surface area is 175 Å². The van der Waals surface area contributed by atoms with Gasteiger partial charge in [0.2, 0.25) is 0 Å². The van der Waals surface area contributed by atoms with Crippen LogP contribution in [0.4, 0.5) is 29.3 Å². The molecule has 31 heavy (non-hydrogen) atoms. The molecular formula is C22H18F3N3O3. The minimum Gasteiger partial charge on any atom is -0.386 e. The summed E-state index contributed by atoms with van der Waals surface area (Å²) in [5, 5.41) is 17.4. The molecule has 1 unspecified atom stereocenters. The Morgan fingerprint density at radius 1 is 0.839 bits per heavy atom. The molecule has 0 aliphatic rings. The van der Waals surface area contributed by atoms with Gasteiger partial charge in [-0.05, 0) is 42.5 Å². The van der Waals surface area contributed by atoms with Crippen molar-refractivity contribution in [1.82, 2.24) is 5.32 Å². The second kappa shape index (κ2) is 9.77. The first-order valence-electron chi connectivity index (χ1n) is 9.16. The number of carbonyl (C=O) groups is 2. The first-order valence-corrected chi connectivity index (χ1v) is 9.16. The Bertz CT molecular complexity index is 1110. The van der Waals surface area contributed by atoms with Crippen molar-refractivity contribution >= 4 is 23.3 Å². The second-order valence-corrected chi connectivity index (χ2v) is 6.56. The second-order valence-electron chi connectivity index (χ2n) is 6.56. The highest BCUT2D eigenvalue weighted by molar-refractivity contribution is 6.05. The highest BCUT2D eigenvalue weighted by Gasteiger charge is 2.15. The molecule has 0 heterocycles. The lowest BCUT2D eigenvalue weighted by atomic mass is 10.1. The molecule has 0 saturated heterocycles. The molecule has 0 fully saturated rings. The van der Waals surface area contributed by atoms with Gasteiger partial charge >= 0.3 is 6.03 Å². The van der Waals surface area contributed by atoms with Crippen molar-refractivity contribution in [2.75, 3.05) is 17.2 Å². The summed E-state index contributed by atoms with van der Waals surface area (Å²) in [6, 6.07) is 13.4. The van der Waals surface area contributed by atoms with E-state index in [1.807, 2.05) is 0 Å². The van der Waals surface area contributed by atoms with E-state index in [2.05, 4.69) is 16.0 Å². The largest absolute Gasteiger partial charge is 0.386 e. The summed E-state index contributed by atoms with van der Waals surface area (Å²) < 4.78 is 39.9. The van der Waals surface area contributed by atoms with E-state index in [9.17, 15) is 27.9 Å². The molecule has 0 radical (unpaired) electrons.